The smallest absolute Gasteiger partial charge is 0.402 e. The van der Waals surface area contributed by atoms with Crippen molar-refractivity contribution in [3.63, 3.8) is 0 Å². The van der Waals surface area contributed by atoms with Crippen LogP contribution in [0.5, 0.6) is 0 Å². The summed E-state index contributed by atoms with van der Waals surface area (Å²) in [5, 5.41) is 21.5. The highest BCUT2D eigenvalue weighted by Gasteiger charge is 1.92. The summed E-state index contributed by atoms with van der Waals surface area (Å²) in [6, 6.07) is 0. The van der Waals surface area contributed by atoms with Crippen molar-refractivity contribution in [2.75, 3.05) is 0 Å². The van der Waals surface area contributed by atoms with E-state index in [1.54, 1.807) is 0 Å². The second-order valence-corrected chi connectivity index (χ2v) is 0.346. The predicted molar refractivity (Wildman–Crippen MR) is 32.3 cm³/mol. The third-order valence-electron chi connectivity index (χ3n) is 0. The zero-order valence-electron chi connectivity index (χ0n) is 1.92. The van der Waals surface area contributed by atoms with E-state index < -0.39 is 7.32 Å². The van der Waals surface area contributed by atoms with Crippen molar-refractivity contribution in [3.8, 4) is 0 Å². The summed E-state index contributed by atoms with van der Waals surface area (Å²) in [6.07, 6.45) is 0. The second-order valence-electron chi connectivity index (χ2n) is 0.346. The summed E-state index contributed by atoms with van der Waals surface area (Å²) in [5.41, 5.74) is 0. The van der Waals surface area contributed by atoms with Crippen molar-refractivity contribution in [1.29, 1.82) is 0 Å². The Morgan fingerprint density at radius 2 is 0.833 bits per heavy atom. The van der Waals surface area contributed by atoms with Gasteiger partial charge in [-0.2, -0.15) is 0 Å². The lowest BCUT2D eigenvalue weighted by atomic mass is 10.3. The first-order valence-corrected chi connectivity index (χ1v) is 0.775. The molecule has 0 fully saturated rings. The number of rotatable bonds is 0. The van der Waals surface area contributed by atoms with E-state index in [1.165, 1.54) is 0 Å². The summed E-state index contributed by atoms with van der Waals surface area (Å²) >= 11 is 0. The molecule has 0 unspecified atom stereocenters. The van der Waals surface area contributed by atoms with Crippen LogP contribution < -0.4 is 0 Å². The van der Waals surface area contributed by atoms with Crippen LogP contribution in [-0.4, -0.2) is 39.2 Å². The van der Waals surface area contributed by atoms with Crippen molar-refractivity contribution in [2.45, 2.75) is 0 Å². The quantitative estimate of drug-likeness (QED) is 0.263. The lowest BCUT2D eigenvalue weighted by Gasteiger charge is -1.69. The Bertz CT molecular complexity index is 10.8. The minimum absolute atomic E-state index is 0. The van der Waals surface area contributed by atoms with E-state index in [4.69, 9.17) is 15.1 Å². The fourth-order valence-corrected chi connectivity index (χ4v) is 0. The van der Waals surface area contributed by atoms with Crippen molar-refractivity contribution in [2.24, 2.45) is 0 Å². The molecule has 0 bridgehead atoms. The Morgan fingerprint density at radius 3 is 0.833 bits per heavy atom. The van der Waals surface area contributed by atoms with Crippen molar-refractivity contribution < 1.29 is 15.1 Å². The molecule has 0 spiro atoms. The molecule has 0 radical (unpaired) electrons. The van der Waals surface area contributed by atoms with Gasteiger partial charge in [0, 0.05) is 0 Å². The van der Waals surface area contributed by atoms with Gasteiger partial charge in [-0.3, -0.25) is 0 Å². The Morgan fingerprint density at radius 1 is 0.833 bits per heavy atom. The Hall–Kier alpha value is 0.0748. The monoisotopic (exact) mass is 90.1 g/mol. The van der Waals surface area contributed by atoms with Crippen molar-refractivity contribution >= 4 is 24.1 Å². The van der Waals surface area contributed by atoms with Gasteiger partial charge in [0.2, 0.25) is 0 Å². The highest BCUT2D eigenvalue weighted by atomic mass is 16.5. The van der Waals surface area contributed by atoms with Gasteiger partial charge in [-0.25, -0.2) is 0 Å². The Labute approximate surface area is 40.3 Å². The molecule has 0 aromatic heterocycles. The van der Waals surface area contributed by atoms with E-state index >= 15 is 0 Å². The molecule has 0 rings (SSSR count). The van der Waals surface area contributed by atoms with Gasteiger partial charge in [-0.15, -0.1) is 0 Å². The van der Waals surface area contributed by atoms with E-state index in [2.05, 4.69) is 0 Å². The largest absolute Gasteiger partial charge is 0.631 e. The molecule has 0 aliphatic heterocycles. The Balaban J connectivity index is -0.0000000450. The molecule has 6 heavy (non-hydrogen) atoms. The second kappa shape index (κ2) is 8.91. The molecule has 0 aliphatic rings. The summed E-state index contributed by atoms with van der Waals surface area (Å²) in [5.74, 6) is 0. The van der Waals surface area contributed by atoms with Crippen LogP contribution in [0.25, 0.3) is 0 Å². The molecule has 36 valence electrons. The third-order valence-corrected chi connectivity index (χ3v) is 0. The first kappa shape index (κ1) is 16.5. The van der Waals surface area contributed by atoms with Crippen molar-refractivity contribution in [1.82, 2.24) is 0 Å². The summed E-state index contributed by atoms with van der Waals surface area (Å²) in [7, 11) is -2.17. The third kappa shape index (κ3) is 6880. The zero-order valence-corrected chi connectivity index (χ0v) is 1.92. The van der Waals surface area contributed by atoms with Gasteiger partial charge in [0.15, 0.2) is 0 Å². The average Bonchev–Trinajstić information content (AvgIpc) is 0.811. The van der Waals surface area contributed by atoms with E-state index in [0.29, 0.717) is 0 Å². The van der Waals surface area contributed by atoms with E-state index in [0.717, 1.165) is 0 Å². The lowest BCUT2D eigenvalue weighted by molar-refractivity contribution is 0.278. The highest BCUT2D eigenvalue weighted by molar-refractivity contribution is 6.30. The topological polar surface area (TPSA) is 60.7 Å². The van der Waals surface area contributed by atoms with E-state index in [1.807, 2.05) is 0 Å². The maximum atomic E-state index is 7.17. The molecule has 3 nitrogen and oxygen atoms in total. The average molecular weight is 89.5 g/mol. The highest BCUT2D eigenvalue weighted by Crippen LogP contribution is 1.40. The van der Waals surface area contributed by atoms with Gasteiger partial charge in [-0.1, -0.05) is 0 Å². The maximum absolute atomic E-state index is 7.17. The number of hydrogen-bond donors (Lipinski definition) is 3. The molecular formula is H9B3O3. The maximum Gasteiger partial charge on any atom is 0.631 e. The summed E-state index contributed by atoms with van der Waals surface area (Å²) < 4.78 is 0. The molecule has 0 atom stereocenters. The van der Waals surface area contributed by atoms with Gasteiger partial charge in [0.25, 0.3) is 0 Å². The van der Waals surface area contributed by atoms with Gasteiger partial charge in [-0.05, 0) is 0 Å². The molecule has 0 saturated carbocycles. The molecule has 0 aromatic rings. The van der Waals surface area contributed by atoms with Crippen LogP contribution in [-0.2, 0) is 0 Å². The van der Waals surface area contributed by atoms with Crippen LogP contribution in [0.1, 0.15) is 0 Å². The minimum Gasteiger partial charge on any atom is -0.402 e. The Kier molecular flexibility index (Phi) is 24.6. The molecule has 6 heteroatoms. The molecule has 3 N–H and O–H groups in total. The van der Waals surface area contributed by atoms with Crippen LogP contribution >= 0.6 is 0 Å². The first-order chi connectivity index (χ1) is 1.73. The molecule has 0 saturated heterocycles. The van der Waals surface area contributed by atoms with Crippen LogP contribution in [0.4, 0.5) is 0 Å². The van der Waals surface area contributed by atoms with Crippen LogP contribution in [0.15, 0.2) is 0 Å². The van der Waals surface area contributed by atoms with Crippen LogP contribution in [0.3, 0.4) is 0 Å². The van der Waals surface area contributed by atoms with Gasteiger partial charge < -0.3 is 15.1 Å². The zero-order chi connectivity index (χ0) is 3.58. The fourth-order valence-electron chi connectivity index (χ4n) is 0. The van der Waals surface area contributed by atoms with Crippen LogP contribution in [0, 0.1) is 0 Å². The number of hydrogen-bond acceptors (Lipinski definition) is 3. The van der Waals surface area contributed by atoms with Crippen molar-refractivity contribution in [3.05, 3.63) is 0 Å². The van der Waals surface area contributed by atoms with Gasteiger partial charge in [0.05, 0.1) is 16.8 Å². The predicted octanol–water partition coefficient (Wildman–Crippen LogP) is -4.42. The normalized spacial score (nSPS) is 4.50. The molecular weight excluding hydrogens is 80.4 g/mol. The fraction of sp³-hybridized carbons (Fsp3) is 0. The molecule has 0 aliphatic carbocycles. The summed E-state index contributed by atoms with van der Waals surface area (Å²) in [6.45, 7) is 0. The minimum atomic E-state index is -2.17. The van der Waals surface area contributed by atoms with E-state index in [9.17, 15) is 0 Å². The van der Waals surface area contributed by atoms with Gasteiger partial charge >= 0.3 is 7.32 Å². The molecule has 0 heterocycles. The van der Waals surface area contributed by atoms with Gasteiger partial charge in [0.1, 0.15) is 0 Å². The standard InChI is InChI=1S/BH3O3.2BH3/c2-1(3)4;;/h2-4H;2*1H3. The van der Waals surface area contributed by atoms with E-state index in [-0.39, 0.29) is 16.8 Å². The molecule has 0 aromatic carbocycles. The SMILES string of the molecule is B.B.OB(O)O. The van der Waals surface area contributed by atoms with Crippen LogP contribution in [0.2, 0.25) is 0 Å². The molecule has 0 amide bonds. The summed E-state index contributed by atoms with van der Waals surface area (Å²) in [4.78, 5) is 0. The first-order valence-electron chi connectivity index (χ1n) is 0.775. The lowest BCUT2D eigenvalue weighted by Crippen LogP contribution is -2.07.